The molecule has 0 amide bonds. The zero-order valence-corrected chi connectivity index (χ0v) is 7.60. The molecule has 2 nitrogen and oxygen atoms in total. The highest BCUT2D eigenvalue weighted by molar-refractivity contribution is 4.75. The van der Waals surface area contributed by atoms with Crippen LogP contribution in [0.1, 0.15) is 34.6 Å². The number of rotatable bonds is 2. The van der Waals surface area contributed by atoms with Crippen LogP contribution in [0.5, 0.6) is 0 Å². The molecule has 0 N–H and O–H groups in total. The Morgan fingerprint density at radius 3 is 1.90 bits per heavy atom. The molecule has 1 aliphatic rings. The molecule has 1 aliphatic heterocycles. The van der Waals surface area contributed by atoms with Crippen LogP contribution in [0.25, 0.3) is 0 Å². The van der Waals surface area contributed by atoms with E-state index in [2.05, 4.69) is 0 Å². The predicted molar refractivity (Wildman–Crippen MR) is 41.9 cm³/mol. The molecular weight excluding hydrogens is 128 g/mol. The normalized spacial score (nSPS) is 29.4. The van der Waals surface area contributed by atoms with Crippen LogP contribution in [0, 0.1) is 0 Å². The minimum atomic E-state index is -0.228. The maximum atomic E-state index is 5.33. The van der Waals surface area contributed by atoms with Gasteiger partial charge in [0.25, 0.3) is 0 Å². The minimum absolute atomic E-state index is 0.228. The first kappa shape index (κ1) is 9.92. The lowest BCUT2D eigenvalue weighted by atomic mass is 10.4. The number of hydrogen-bond acceptors (Lipinski definition) is 2. The van der Waals surface area contributed by atoms with Crippen molar-refractivity contribution >= 4 is 0 Å². The fourth-order valence-electron chi connectivity index (χ4n) is 0.668. The van der Waals surface area contributed by atoms with Crippen LogP contribution in [0.4, 0.5) is 0 Å². The third-order valence-electron chi connectivity index (χ3n) is 1.04. The first-order valence-electron chi connectivity index (χ1n) is 3.94. The van der Waals surface area contributed by atoms with E-state index in [0.29, 0.717) is 0 Å². The highest BCUT2D eigenvalue weighted by atomic mass is 16.8. The zero-order chi connectivity index (χ0) is 8.20. The lowest BCUT2D eigenvalue weighted by Gasteiger charge is -2.09. The van der Waals surface area contributed by atoms with E-state index in [1.165, 1.54) is 0 Å². The molecule has 0 bridgehead atoms. The van der Waals surface area contributed by atoms with Gasteiger partial charge in [0, 0.05) is 0 Å². The summed E-state index contributed by atoms with van der Waals surface area (Å²) >= 11 is 0. The van der Waals surface area contributed by atoms with Crippen molar-refractivity contribution < 1.29 is 9.47 Å². The smallest absolute Gasteiger partial charge is 0.189 e. The summed E-state index contributed by atoms with van der Waals surface area (Å²) in [4.78, 5) is 0. The van der Waals surface area contributed by atoms with E-state index in [9.17, 15) is 0 Å². The van der Waals surface area contributed by atoms with Gasteiger partial charge in [-0.25, -0.2) is 0 Å². The second-order valence-electron chi connectivity index (χ2n) is 2.59. The molecule has 0 aromatic heterocycles. The van der Waals surface area contributed by atoms with E-state index in [1.54, 1.807) is 0 Å². The maximum absolute atomic E-state index is 5.33. The fraction of sp³-hybridized carbons (Fsp3) is 1.00. The van der Waals surface area contributed by atoms with Gasteiger partial charge in [-0.3, -0.25) is 0 Å². The lowest BCUT2D eigenvalue weighted by molar-refractivity contribution is -0.0637. The third-order valence-corrected chi connectivity index (χ3v) is 1.04. The molecule has 0 spiro atoms. The second kappa shape index (κ2) is 3.94. The minimum Gasteiger partial charge on any atom is -0.345 e. The van der Waals surface area contributed by atoms with Crippen LogP contribution in [0.2, 0.25) is 0 Å². The molecule has 0 aromatic rings. The Hall–Kier alpha value is -0.0800. The molecule has 0 radical (unpaired) electrons. The van der Waals surface area contributed by atoms with Crippen LogP contribution in [0.15, 0.2) is 0 Å². The average Bonchev–Trinajstić information content (AvgIpc) is 2.51. The lowest BCUT2D eigenvalue weighted by Crippen LogP contribution is -2.16. The van der Waals surface area contributed by atoms with Crippen LogP contribution in [-0.4, -0.2) is 18.5 Å². The molecular formula is C8H18O2. The summed E-state index contributed by atoms with van der Waals surface area (Å²) < 4.78 is 10.3. The topological polar surface area (TPSA) is 21.8 Å². The van der Waals surface area contributed by atoms with E-state index in [-0.39, 0.29) is 11.9 Å². The maximum Gasteiger partial charge on any atom is 0.189 e. The number of hydrogen-bond donors (Lipinski definition) is 0. The van der Waals surface area contributed by atoms with Gasteiger partial charge in [-0.1, -0.05) is 13.8 Å². The average molecular weight is 146 g/mol. The van der Waals surface area contributed by atoms with Gasteiger partial charge >= 0.3 is 0 Å². The summed E-state index contributed by atoms with van der Waals surface area (Å²) in [6.45, 7) is 10.7. The molecule has 0 saturated carbocycles. The van der Waals surface area contributed by atoms with E-state index < -0.39 is 0 Å². The second-order valence-corrected chi connectivity index (χ2v) is 2.59. The van der Waals surface area contributed by atoms with Crippen LogP contribution in [-0.2, 0) is 9.47 Å². The van der Waals surface area contributed by atoms with Crippen molar-refractivity contribution in [3.05, 3.63) is 0 Å². The molecule has 0 aromatic carbocycles. The van der Waals surface area contributed by atoms with E-state index >= 15 is 0 Å². The molecule has 2 heteroatoms. The summed E-state index contributed by atoms with van der Waals surface area (Å²) in [5.41, 5.74) is 0. The van der Waals surface area contributed by atoms with Gasteiger partial charge in [0.2, 0.25) is 0 Å². The van der Waals surface area contributed by atoms with Gasteiger partial charge in [0.05, 0.1) is 6.10 Å². The van der Waals surface area contributed by atoms with Crippen LogP contribution < -0.4 is 0 Å². The first-order chi connectivity index (χ1) is 4.62. The highest BCUT2D eigenvalue weighted by Crippen LogP contribution is 2.28. The Kier molecular flexibility index (Phi) is 3.91. The van der Waals surface area contributed by atoms with Crippen molar-refractivity contribution in [2.45, 2.75) is 46.5 Å². The van der Waals surface area contributed by atoms with Gasteiger partial charge in [-0.05, 0) is 20.8 Å². The predicted octanol–water partition coefficient (Wildman–Crippen LogP) is 2.18. The molecule has 62 valence electrons. The first-order valence-corrected chi connectivity index (χ1v) is 3.94. The number of ether oxygens (including phenoxy) is 2. The van der Waals surface area contributed by atoms with Gasteiger partial charge < -0.3 is 9.47 Å². The summed E-state index contributed by atoms with van der Waals surface area (Å²) in [5, 5.41) is 0. The molecule has 10 heavy (non-hydrogen) atoms. The van der Waals surface area contributed by atoms with Gasteiger partial charge in [0.1, 0.15) is 6.61 Å². The van der Waals surface area contributed by atoms with Gasteiger partial charge in [-0.15, -0.1) is 0 Å². The van der Waals surface area contributed by atoms with Gasteiger partial charge in [0.15, 0.2) is 5.79 Å². The van der Waals surface area contributed by atoms with E-state index in [1.807, 2.05) is 34.6 Å². The Bertz CT molecular complexity index is 85.3. The van der Waals surface area contributed by atoms with Crippen molar-refractivity contribution in [1.29, 1.82) is 0 Å². The van der Waals surface area contributed by atoms with Crippen molar-refractivity contribution in [2.24, 2.45) is 0 Å². The summed E-state index contributed by atoms with van der Waals surface area (Å²) in [5.74, 6) is -0.228. The molecule has 1 heterocycles. The van der Waals surface area contributed by atoms with Crippen molar-refractivity contribution in [3.8, 4) is 0 Å². The third kappa shape index (κ3) is 3.85. The molecule has 1 rings (SSSR count). The largest absolute Gasteiger partial charge is 0.345 e. The SMILES string of the molecule is CC.CC(C)O[C@]1(C)CO1. The molecule has 0 unspecified atom stereocenters. The van der Waals surface area contributed by atoms with Gasteiger partial charge in [-0.2, -0.15) is 0 Å². The van der Waals surface area contributed by atoms with Crippen molar-refractivity contribution in [2.75, 3.05) is 6.61 Å². The quantitative estimate of drug-likeness (QED) is 0.557. The Morgan fingerprint density at radius 2 is 1.80 bits per heavy atom. The van der Waals surface area contributed by atoms with Crippen molar-refractivity contribution in [1.82, 2.24) is 0 Å². The van der Waals surface area contributed by atoms with Crippen LogP contribution >= 0.6 is 0 Å². The van der Waals surface area contributed by atoms with Crippen molar-refractivity contribution in [3.63, 3.8) is 0 Å². The molecule has 1 fully saturated rings. The Morgan fingerprint density at radius 1 is 1.40 bits per heavy atom. The summed E-state index contributed by atoms with van der Waals surface area (Å²) in [6, 6.07) is 0. The van der Waals surface area contributed by atoms with E-state index in [4.69, 9.17) is 9.47 Å². The molecule has 1 atom stereocenters. The monoisotopic (exact) mass is 146 g/mol. The Balaban J connectivity index is 0.000000371. The fourth-order valence-corrected chi connectivity index (χ4v) is 0.668. The number of epoxide rings is 1. The molecule has 0 aliphatic carbocycles. The zero-order valence-electron chi connectivity index (χ0n) is 7.60. The standard InChI is InChI=1S/C6H12O2.C2H6/c1-5(2)8-6(3)4-7-6;1-2/h5H,4H2,1-3H3;1-2H3/t6-;/m1./s1. The Labute approximate surface area is 63.5 Å². The van der Waals surface area contributed by atoms with E-state index in [0.717, 1.165) is 6.61 Å². The summed E-state index contributed by atoms with van der Waals surface area (Å²) in [7, 11) is 0. The summed E-state index contributed by atoms with van der Waals surface area (Å²) in [6.07, 6.45) is 0.280. The van der Waals surface area contributed by atoms with Crippen LogP contribution in [0.3, 0.4) is 0 Å². The molecule has 1 saturated heterocycles. The highest BCUT2D eigenvalue weighted by Gasteiger charge is 2.41.